The van der Waals surface area contributed by atoms with Crippen LogP contribution in [0.5, 0.6) is 0 Å². The van der Waals surface area contributed by atoms with E-state index in [0.29, 0.717) is 11.1 Å². The number of urea groups is 2. The van der Waals surface area contributed by atoms with Gasteiger partial charge in [0.15, 0.2) is 0 Å². The van der Waals surface area contributed by atoms with Crippen LogP contribution in [0.25, 0.3) is 12.2 Å². The average Bonchev–Trinajstić information content (AvgIpc) is 2.79. The van der Waals surface area contributed by atoms with Crippen molar-refractivity contribution in [3.05, 3.63) is 70.8 Å². The van der Waals surface area contributed by atoms with Crippen LogP contribution in [0.4, 0.5) is 21.0 Å². The maximum atomic E-state index is 11.9. The largest absolute Gasteiger partial charge is 0.345 e. The zero-order chi connectivity index (χ0) is 24.4. The van der Waals surface area contributed by atoms with E-state index in [4.69, 9.17) is 0 Å². The first-order valence-corrected chi connectivity index (χ1v) is 9.92. The van der Waals surface area contributed by atoms with Crippen LogP contribution in [0.1, 0.15) is 11.1 Å². The van der Waals surface area contributed by atoms with Gasteiger partial charge in [0.1, 0.15) is 11.1 Å². The lowest BCUT2D eigenvalue weighted by atomic mass is 10.1. The molecule has 0 saturated carbocycles. The van der Waals surface area contributed by atoms with Crippen LogP contribution in [-0.2, 0) is 19.2 Å². The van der Waals surface area contributed by atoms with Gasteiger partial charge in [0, 0.05) is 18.4 Å². The number of carbonyl (C=O) groups is 6. The van der Waals surface area contributed by atoms with Crippen LogP contribution in [-0.4, -0.2) is 42.7 Å². The van der Waals surface area contributed by atoms with Crippen LogP contribution in [0.3, 0.4) is 0 Å². The molecule has 11 nitrogen and oxygen atoms in total. The van der Waals surface area contributed by atoms with Crippen LogP contribution in [0.2, 0.25) is 0 Å². The number of imide groups is 4. The highest BCUT2D eigenvalue weighted by atomic mass is 16.2. The van der Waals surface area contributed by atoms with Gasteiger partial charge in [0.05, 0.1) is 0 Å². The molecule has 2 aliphatic heterocycles. The molecular weight excluding hydrogens is 442 g/mol. The number of carbonyl (C=O) groups excluding carboxylic acids is 6. The second-order valence-corrected chi connectivity index (χ2v) is 7.33. The minimum atomic E-state index is -0.855. The van der Waals surface area contributed by atoms with Gasteiger partial charge in [-0.15, -0.1) is 0 Å². The molecule has 0 unspecified atom stereocenters. The lowest BCUT2D eigenvalue weighted by Gasteiger charge is -2.20. The molecule has 4 N–H and O–H groups in total. The van der Waals surface area contributed by atoms with E-state index >= 15 is 0 Å². The Bertz CT molecular complexity index is 1160. The zero-order valence-corrected chi connectivity index (χ0v) is 17.7. The average molecular weight is 459 g/mol. The van der Waals surface area contributed by atoms with Crippen molar-refractivity contribution in [3.63, 3.8) is 0 Å². The standard InChI is InChI=1S/C23H17N5O6/c1-28(14-6-2-12(3-7-14)10-16-18(29)24-22(33)25-19(16)30)15-8-4-13(5-9-15)11-17-20(31)26-23(34)27-21(17)32/h2-11H,1H3,(H2,24,25,29,30,33)(H2,26,27,31,32,34). The van der Waals surface area contributed by atoms with Crippen molar-refractivity contribution in [2.75, 3.05) is 11.9 Å². The molecule has 0 spiro atoms. The van der Waals surface area contributed by atoms with Crippen LogP contribution in [0.15, 0.2) is 59.7 Å². The van der Waals surface area contributed by atoms with Crippen molar-refractivity contribution in [2.24, 2.45) is 0 Å². The van der Waals surface area contributed by atoms with Gasteiger partial charge in [0.2, 0.25) is 0 Å². The Kier molecular flexibility index (Phi) is 5.75. The highest BCUT2D eigenvalue weighted by Gasteiger charge is 2.28. The fourth-order valence-corrected chi connectivity index (χ4v) is 3.28. The number of hydrogen-bond acceptors (Lipinski definition) is 7. The maximum absolute atomic E-state index is 11.9. The summed E-state index contributed by atoms with van der Waals surface area (Å²) in [4.78, 5) is 71.6. The Morgan fingerprint density at radius 1 is 0.529 bits per heavy atom. The topological polar surface area (TPSA) is 154 Å². The molecule has 170 valence electrons. The van der Waals surface area contributed by atoms with Gasteiger partial charge in [-0.2, -0.15) is 0 Å². The summed E-state index contributed by atoms with van der Waals surface area (Å²) in [5.74, 6) is -3.06. The molecular formula is C23H17N5O6. The highest BCUT2D eigenvalue weighted by molar-refractivity contribution is 6.31. The lowest BCUT2D eigenvalue weighted by molar-refractivity contribution is -0.125. The fourth-order valence-electron chi connectivity index (χ4n) is 3.28. The number of barbiturate groups is 2. The van der Waals surface area contributed by atoms with Crippen LogP contribution < -0.4 is 26.2 Å². The minimum Gasteiger partial charge on any atom is -0.345 e. The van der Waals surface area contributed by atoms with Gasteiger partial charge >= 0.3 is 12.1 Å². The molecule has 11 heteroatoms. The molecule has 4 rings (SSSR count). The molecule has 0 aromatic heterocycles. The van der Waals surface area contributed by atoms with E-state index in [9.17, 15) is 28.8 Å². The van der Waals surface area contributed by atoms with Crippen molar-refractivity contribution < 1.29 is 28.8 Å². The number of nitrogens with one attached hydrogen (secondary N) is 4. The van der Waals surface area contributed by atoms with Gasteiger partial charge < -0.3 is 4.90 Å². The Morgan fingerprint density at radius 2 is 0.824 bits per heavy atom. The molecule has 0 bridgehead atoms. The first-order valence-electron chi connectivity index (χ1n) is 9.92. The van der Waals surface area contributed by atoms with Crippen LogP contribution >= 0.6 is 0 Å². The third-order valence-electron chi connectivity index (χ3n) is 5.07. The quantitative estimate of drug-likeness (QED) is 0.392. The number of rotatable bonds is 4. The van der Waals surface area contributed by atoms with Crippen molar-refractivity contribution in [1.29, 1.82) is 0 Å². The van der Waals surface area contributed by atoms with Crippen molar-refractivity contribution in [2.45, 2.75) is 0 Å². The van der Waals surface area contributed by atoms with Crippen LogP contribution in [0, 0.1) is 0 Å². The normalized spacial score (nSPS) is 15.8. The summed E-state index contributed by atoms with van der Waals surface area (Å²) in [6.07, 6.45) is 2.77. The molecule has 0 atom stereocenters. The summed E-state index contributed by atoms with van der Waals surface area (Å²) in [7, 11) is 1.84. The fraction of sp³-hybridized carbons (Fsp3) is 0.0435. The summed E-state index contributed by atoms with van der Waals surface area (Å²) in [6, 6.07) is 12.3. The molecule has 2 aromatic rings. The first-order chi connectivity index (χ1) is 16.2. The Morgan fingerprint density at radius 3 is 1.12 bits per heavy atom. The smallest absolute Gasteiger partial charge is 0.328 e. The van der Waals surface area contributed by atoms with Crippen molar-refractivity contribution in [1.82, 2.24) is 21.3 Å². The highest BCUT2D eigenvalue weighted by Crippen LogP contribution is 2.25. The molecule has 0 radical (unpaired) electrons. The van der Waals surface area contributed by atoms with Gasteiger partial charge in [-0.05, 0) is 47.5 Å². The van der Waals surface area contributed by atoms with Gasteiger partial charge in [-0.1, -0.05) is 24.3 Å². The van der Waals surface area contributed by atoms with E-state index in [1.807, 2.05) is 33.2 Å². The predicted molar refractivity (Wildman–Crippen MR) is 120 cm³/mol. The van der Waals surface area contributed by atoms with E-state index in [2.05, 4.69) is 0 Å². The number of hydrogen-bond donors (Lipinski definition) is 4. The van der Waals surface area contributed by atoms with E-state index in [1.165, 1.54) is 12.2 Å². The number of benzene rings is 2. The van der Waals surface area contributed by atoms with E-state index in [-0.39, 0.29) is 11.1 Å². The van der Waals surface area contributed by atoms with Gasteiger partial charge in [-0.25, -0.2) is 9.59 Å². The second kappa shape index (κ2) is 8.82. The summed E-state index contributed by atoms with van der Waals surface area (Å²) in [6.45, 7) is 0. The van der Waals surface area contributed by atoms with E-state index < -0.39 is 35.7 Å². The number of nitrogens with zero attached hydrogens (tertiary/aromatic N) is 1. The monoisotopic (exact) mass is 459 g/mol. The SMILES string of the molecule is CN(c1ccc(C=C2C(=O)NC(=O)NC2=O)cc1)c1ccc(C=C2C(=O)NC(=O)NC2=O)cc1. The Balaban J connectivity index is 1.49. The third kappa shape index (κ3) is 4.58. The van der Waals surface area contributed by atoms with Crippen molar-refractivity contribution >= 4 is 59.2 Å². The second-order valence-electron chi connectivity index (χ2n) is 7.33. The molecule has 0 aliphatic carbocycles. The molecule has 2 heterocycles. The number of anilines is 2. The predicted octanol–water partition coefficient (Wildman–Crippen LogP) is 0.953. The van der Waals surface area contributed by atoms with E-state index in [0.717, 1.165) is 11.4 Å². The first kappa shape index (κ1) is 22.1. The Hall–Kier alpha value is -5.06. The molecule has 34 heavy (non-hydrogen) atoms. The molecule has 2 fully saturated rings. The maximum Gasteiger partial charge on any atom is 0.328 e. The van der Waals surface area contributed by atoms with Gasteiger partial charge in [-0.3, -0.25) is 40.4 Å². The van der Waals surface area contributed by atoms with Gasteiger partial charge in [0.25, 0.3) is 23.6 Å². The minimum absolute atomic E-state index is 0.171. The molecule has 2 aliphatic rings. The molecule has 8 amide bonds. The summed E-state index contributed by atoms with van der Waals surface area (Å²) >= 11 is 0. The Labute approximate surface area is 192 Å². The summed E-state index contributed by atoms with van der Waals surface area (Å²) in [5, 5.41) is 8.07. The molecule has 2 saturated heterocycles. The zero-order valence-electron chi connectivity index (χ0n) is 17.7. The summed E-state index contributed by atoms with van der Waals surface area (Å²) < 4.78 is 0. The van der Waals surface area contributed by atoms with E-state index in [1.54, 1.807) is 48.5 Å². The molecule has 2 aromatic carbocycles. The summed E-state index contributed by atoms with van der Waals surface area (Å²) in [5.41, 5.74) is 2.47. The number of amides is 8. The van der Waals surface area contributed by atoms with Crippen molar-refractivity contribution in [3.8, 4) is 0 Å². The third-order valence-corrected chi connectivity index (χ3v) is 5.07. The lowest BCUT2D eigenvalue weighted by Crippen LogP contribution is -2.51.